The van der Waals surface area contributed by atoms with Crippen LogP contribution in [0.15, 0.2) is 6.20 Å². The van der Waals surface area contributed by atoms with Crippen molar-refractivity contribution in [3.63, 3.8) is 0 Å². The molecule has 0 atom stereocenters. The van der Waals surface area contributed by atoms with Crippen molar-refractivity contribution in [3.8, 4) is 11.8 Å². The molecule has 0 saturated carbocycles. The smallest absolute Gasteiger partial charge is 0.347 e. The number of carboxylic acids is 1. The highest BCUT2D eigenvalue weighted by Crippen LogP contribution is 2.11. The fourth-order valence-electron chi connectivity index (χ4n) is 0.870. The third-order valence-corrected chi connectivity index (χ3v) is 2.44. The summed E-state index contributed by atoms with van der Waals surface area (Å²) in [6.45, 7) is 1.92. The van der Waals surface area contributed by atoms with Crippen LogP contribution < -0.4 is 5.32 Å². The van der Waals surface area contributed by atoms with Crippen LogP contribution in [0, 0.1) is 11.8 Å². The zero-order valence-electron chi connectivity index (χ0n) is 8.61. The minimum Gasteiger partial charge on any atom is -0.477 e. The van der Waals surface area contributed by atoms with Crippen LogP contribution in [0.3, 0.4) is 0 Å². The van der Waals surface area contributed by atoms with E-state index in [1.54, 1.807) is 0 Å². The molecule has 0 aliphatic carbocycles. The Morgan fingerprint density at radius 2 is 2.38 bits per heavy atom. The molecule has 5 nitrogen and oxygen atoms in total. The van der Waals surface area contributed by atoms with Gasteiger partial charge in [-0.05, 0) is 5.92 Å². The molecule has 0 unspecified atom stereocenters. The maximum Gasteiger partial charge on any atom is 0.347 e. The molecule has 1 heterocycles. The van der Waals surface area contributed by atoms with E-state index in [4.69, 9.17) is 5.11 Å². The summed E-state index contributed by atoms with van der Waals surface area (Å²) in [5.74, 6) is 4.45. The molecule has 0 bridgehead atoms. The highest BCUT2D eigenvalue weighted by atomic mass is 32.1. The molecule has 0 aromatic carbocycles. The first-order valence-corrected chi connectivity index (χ1v) is 5.33. The average Bonchev–Trinajstić information content (AvgIpc) is 2.65. The molecule has 2 N–H and O–H groups in total. The van der Waals surface area contributed by atoms with Gasteiger partial charge >= 0.3 is 5.97 Å². The number of hydrogen-bond donors (Lipinski definition) is 2. The van der Waals surface area contributed by atoms with Gasteiger partial charge in [-0.25, -0.2) is 9.78 Å². The lowest BCUT2D eigenvalue weighted by Crippen LogP contribution is -2.20. The fraction of sp³-hybridized carbons (Fsp3) is 0.300. The van der Waals surface area contributed by atoms with Crippen molar-refractivity contribution < 1.29 is 14.7 Å². The number of carboxylic acid groups (broad SMARTS) is 1. The van der Waals surface area contributed by atoms with E-state index < -0.39 is 5.97 Å². The third kappa shape index (κ3) is 4.11. The summed E-state index contributed by atoms with van der Waals surface area (Å²) in [5, 5.41) is 11.7. The zero-order valence-corrected chi connectivity index (χ0v) is 9.43. The van der Waals surface area contributed by atoms with Crippen molar-refractivity contribution in [2.75, 3.05) is 6.54 Å². The Hall–Kier alpha value is -1.87. The van der Waals surface area contributed by atoms with E-state index >= 15 is 0 Å². The lowest BCUT2D eigenvalue weighted by atomic mass is 10.4. The predicted molar refractivity (Wildman–Crippen MR) is 59.3 cm³/mol. The number of hydrogen-bond acceptors (Lipinski definition) is 4. The van der Waals surface area contributed by atoms with Crippen molar-refractivity contribution in [3.05, 3.63) is 16.1 Å². The van der Waals surface area contributed by atoms with Gasteiger partial charge in [0.25, 0.3) is 0 Å². The van der Waals surface area contributed by atoms with Crippen molar-refractivity contribution in [1.29, 1.82) is 0 Å². The van der Waals surface area contributed by atoms with E-state index in [2.05, 4.69) is 22.1 Å². The number of amides is 1. The van der Waals surface area contributed by atoms with Gasteiger partial charge in [-0.1, -0.05) is 17.3 Å². The molecule has 0 saturated heterocycles. The van der Waals surface area contributed by atoms with Crippen LogP contribution in [0.4, 0.5) is 0 Å². The number of aromatic carboxylic acids is 1. The van der Waals surface area contributed by atoms with Gasteiger partial charge in [0.05, 0.1) is 6.20 Å². The van der Waals surface area contributed by atoms with Crippen LogP contribution in [-0.2, 0) is 4.79 Å². The molecule has 0 aliphatic rings. The highest BCUT2D eigenvalue weighted by molar-refractivity contribution is 7.14. The lowest BCUT2D eigenvalue weighted by Gasteiger charge is -1.93. The van der Waals surface area contributed by atoms with E-state index in [0.717, 1.165) is 11.3 Å². The Kier molecular flexibility index (Phi) is 4.48. The quantitative estimate of drug-likeness (QED) is 0.600. The number of carbonyl (C=O) groups excluding carboxylic acids is 1. The second-order valence-corrected chi connectivity index (χ2v) is 3.90. The standard InChI is InChI=1S/C10H10N2O3S/c1-7(13)11-5-3-2-4-9-12-6-8(16-9)10(14)15/h6H,3,5H2,1H3,(H,11,13)(H,14,15). The number of carbonyl (C=O) groups is 2. The molecule has 84 valence electrons. The van der Waals surface area contributed by atoms with Gasteiger partial charge in [-0.2, -0.15) is 0 Å². The zero-order chi connectivity index (χ0) is 12.0. The van der Waals surface area contributed by atoms with Gasteiger partial charge in [0.15, 0.2) is 5.01 Å². The van der Waals surface area contributed by atoms with Gasteiger partial charge in [-0.15, -0.1) is 0 Å². The van der Waals surface area contributed by atoms with E-state index in [9.17, 15) is 9.59 Å². The summed E-state index contributed by atoms with van der Waals surface area (Å²) < 4.78 is 0. The monoisotopic (exact) mass is 238 g/mol. The largest absolute Gasteiger partial charge is 0.477 e. The first-order chi connectivity index (χ1) is 7.59. The molecule has 16 heavy (non-hydrogen) atoms. The highest BCUT2D eigenvalue weighted by Gasteiger charge is 2.06. The molecule has 0 radical (unpaired) electrons. The van der Waals surface area contributed by atoms with Crippen LogP contribution >= 0.6 is 11.3 Å². The predicted octanol–water partition coefficient (Wildman–Crippen LogP) is 0.719. The number of rotatable bonds is 3. The summed E-state index contributed by atoms with van der Waals surface area (Å²) in [7, 11) is 0. The topological polar surface area (TPSA) is 79.3 Å². The van der Waals surface area contributed by atoms with Gasteiger partial charge in [0.1, 0.15) is 4.88 Å². The molecular weight excluding hydrogens is 228 g/mol. The van der Waals surface area contributed by atoms with E-state index in [1.807, 2.05) is 0 Å². The molecule has 1 aromatic heterocycles. The number of nitrogens with zero attached hydrogens (tertiary/aromatic N) is 1. The van der Waals surface area contributed by atoms with Crippen molar-refractivity contribution >= 4 is 23.2 Å². The Morgan fingerprint density at radius 3 is 2.94 bits per heavy atom. The number of aromatic nitrogens is 1. The van der Waals surface area contributed by atoms with Gasteiger partial charge in [0, 0.05) is 19.9 Å². The summed E-state index contributed by atoms with van der Waals surface area (Å²) in [5.41, 5.74) is 0. The van der Waals surface area contributed by atoms with E-state index in [1.165, 1.54) is 13.1 Å². The van der Waals surface area contributed by atoms with Gasteiger partial charge in [0.2, 0.25) is 5.91 Å². The molecule has 6 heteroatoms. The SMILES string of the molecule is CC(=O)NCCC#Cc1ncc(C(=O)O)s1. The first-order valence-electron chi connectivity index (χ1n) is 4.52. The summed E-state index contributed by atoms with van der Waals surface area (Å²) in [6, 6.07) is 0. The Bertz CT molecular complexity index is 456. The van der Waals surface area contributed by atoms with Crippen molar-refractivity contribution in [1.82, 2.24) is 10.3 Å². The summed E-state index contributed by atoms with van der Waals surface area (Å²) in [4.78, 5) is 25.1. The van der Waals surface area contributed by atoms with E-state index in [0.29, 0.717) is 18.0 Å². The number of nitrogens with one attached hydrogen (secondary N) is 1. The average molecular weight is 238 g/mol. The van der Waals surface area contributed by atoms with Crippen LogP contribution in [0.1, 0.15) is 28.0 Å². The fourth-order valence-corrected chi connectivity index (χ4v) is 1.50. The molecule has 1 rings (SSSR count). The molecule has 1 aromatic rings. The Morgan fingerprint density at radius 1 is 1.62 bits per heavy atom. The molecule has 0 aliphatic heterocycles. The summed E-state index contributed by atoms with van der Waals surface area (Å²) >= 11 is 1.03. The van der Waals surface area contributed by atoms with Crippen LogP contribution in [0.5, 0.6) is 0 Å². The maximum atomic E-state index is 10.5. The second kappa shape index (κ2) is 5.88. The van der Waals surface area contributed by atoms with Crippen molar-refractivity contribution in [2.24, 2.45) is 0 Å². The Labute approximate surface area is 96.5 Å². The minimum atomic E-state index is -0.996. The normalized spacial score (nSPS) is 9.06. The van der Waals surface area contributed by atoms with Crippen LogP contribution in [0.25, 0.3) is 0 Å². The van der Waals surface area contributed by atoms with Crippen molar-refractivity contribution in [2.45, 2.75) is 13.3 Å². The molecule has 1 amide bonds. The lowest BCUT2D eigenvalue weighted by molar-refractivity contribution is -0.118. The third-order valence-electron chi connectivity index (χ3n) is 1.54. The number of thiazole rings is 1. The van der Waals surface area contributed by atoms with E-state index in [-0.39, 0.29) is 10.8 Å². The van der Waals surface area contributed by atoms with Gasteiger partial charge < -0.3 is 10.4 Å². The van der Waals surface area contributed by atoms with Gasteiger partial charge in [-0.3, -0.25) is 4.79 Å². The van der Waals surface area contributed by atoms with Crippen LogP contribution in [0.2, 0.25) is 0 Å². The molecular formula is C10H10N2O3S. The minimum absolute atomic E-state index is 0.0933. The summed E-state index contributed by atoms with van der Waals surface area (Å²) in [6.07, 6.45) is 1.80. The van der Waals surface area contributed by atoms with Crippen LogP contribution in [-0.4, -0.2) is 28.5 Å². The molecule has 0 spiro atoms. The first kappa shape index (κ1) is 12.2. The Balaban J connectivity index is 2.44. The maximum absolute atomic E-state index is 10.5. The second-order valence-electron chi connectivity index (χ2n) is 2.87. The molecule has 0 fully saturated rings.